The van der Waals surface area contributed by atoms with Crippen LogP contribution in [0.15, 0.2) is 60.3 Å². The first kappa shape index (κ1) is 95.3. The number of carbonyl (C=O) groups is 5. The van der Waals surface area contributed by atoms with Crippen LogP contribution in [0.4, 0.5) is 17.8 Å². The van der Waals surface area contributed by atoms with Crippen molar-refractivity contribution in [3.05, 3.63) is 96.0 Å². The van der Waals surface area contributed by atoms with Crippen LogP contribution in [0.25, 0.3) is 67.0 Å². The molecule has 0 radical (unpaired) electrons. The molecular formula is C95H131N27O6S. The lowest BCUT2D eigenvalue weighted by molar-refractivity contribution is -0.114. The Bertz CT molecular complexity index is 5760. The predicted octanol–water partition coefficient (Wildman–Crippen LogP) is 19.2. The van der Waals surface area contributed by atoms with Gasteiger partial charge < -0.3 is 24.5 Å². The van der Waals surface area contributed by atoms with Crippen LogP contribution in [0.2, 0.25) is 0 Å². The summed E-state index contributed by atoms with van der Waals surface area (Å²) in [5, 5.41) is 10.4. The van der Waals surface area contributed by atoms with Crippen LogP contribution in [0, 0.1) is 56.3 Å². The van der Waals surface area contributed by atoms with Gasteiger partial charge in [-0.2, -0.15) is 4.98 Å². The normalized spacial score (nSPS) is 16.2. The van der Waals surface area contributed by atoms with Gasteiger partial charge in [-0.15, -0.1) is 5.73 Å². The van der Waals surface area contributed by atoms with E-state index in [-0.39, 0.29) is 52.3 Å². The Balaban J connectivity index is 0.000000132. The van der Waals surface area contributed by atoms with Gasteiger partial charge in [-0.1, -0.05) is 141 Å². The lowest BCUT2D eigenvalue weighted by Crippen LogP contribution is -2.18. The number of fused-ring (bicyclic) bond motifs is 6. The van der Waals surface area contributed by atoms with E-state index in [1.165, 1.54) is 227 Å². The molecule has 129 heavy (non-hydrogen) atoms. The molecular weight excluding hydrogens is 1650 g/mol. The SMILES string of the molecule is C=C=C(C)Nc1nc2cnc(C(C)=O)nc2n1CC1CCCCC1.CC(=O)Nc1nc2cnc(C)nc2n1CC1CCCCC1.CC(=O)c1ncc2nc(C)n(CC3CCCCC3)c2n1.CCNc1nc2cnc(C)nc2n1CC1CCCCC1.CCOc1nc2cnc(C(C)=O)nc2n1CC1CCCCC1.CCSc1nc2cnc(C(C)=O)nc2n1CC1CCCCC1. The maximum absolute atomic E-state index is 11.6. The first-order valence-electron chi connectivity index (χ1n) is 47.3. The Hall–Kier alpha value is -11.3. The quantitative estimate of drug-likeness (QED) is 0.0272. The van der Waals surface area contributed by atoms with Gasteiger partial charge >= 0.3 is 0 Å². The van der Waals surface area contributed by atoms with E-state index in [0.717, 1.165) is 136 Å². The number of allylic oxidation sites excluding steroid dienone is 1. The van der Waals surface area contributed by atoms with Crippen LogP contribution >= 0.6 is 11.8 Å². The highest BCUT2D eigenvalue weighted by Gasteiger charge is 2.28. The van der Waals surface area contributed by atoms with Crippen molar-refractivity contribution in [3.8, 4) is 6.01 Å². The van der Waals surface area contributed by atoms with Crippen molar-refractivity contribution in [1.29, 1.82) is 0 Å². The predicted molar refractivity (Wildman–Crippen MR) is 504 cm³/mol. The fourth-order valence-electron chi connectivity index (χ4n) is 18.6. The number of aryl methyl sites for hydroxylation is 3. The highest BCUT2D eigenvalue weighted by atomic mass is 32.2. The van der Waals surface area contributed by atoms with Crippen LogP contribution in [-0.2, 0) is 44.1 Å². The Morgan fingerprint density at radius 1 is 0.364 bits per heavy atom. The van der Waals surface area contributed by atoms with Crippen molar-refractivity contribution in [2.45, 2.75) is 320 Å². The number of ketones is 4. The molecule has 0 aliphatic heterocycles. The number of thioether (sulfide) groups is 1. The van der Waals surface area contributed by atoms with Gasteiger partial charge in [0.2, 0.25) is 23.8 Å². The molecule has 6 aliphatic carbocycles. The summed E-state index contributed by atoms with van der Waals surface area (Å²) >= 11 is 1.73. The molecule has 34 heteroatoms. The number of carbonyl (C=O) groups excluding carboxylic acids is 5. The third-order valence-electron chi connectivity index (χ3n) is 25.3. The Kier molecular flexibility index (Phi) is 34.2. The molecule has 6 fully saturated rings. The zero-order valence-electron chi connectivity index (χ0n) is 77.8. The van der Waals surface area contributed by atoms with Gasteiger partial charge in [-0.05, 0) is 160 Å². The number of hydrogen-bond acceptors (Lipinski definition) is 27. The number of amides is 1. The van der Waals surface area contributed by atoms with E-state index in [2.05, 4.69) is 150 Å². The van der Waals surface area contributed by atoms with E-state index >= 15 is 0 Å². The third-order valence-corrected chi connectivity index (χ3v) is 26.1. The van der Waals surface area contributed by atoms with Gasteiger partial charge in [-0.3, -0.25) is 47.6 Å². The molecule has 12 aromatic rings. The van der Waals surface area contributed by atoms with E-state index < -0.39 is 0 Å². The molecule has 0 atom stereocenters. The maximum Gasteiger partial charge on any atom is 0.298 e. The van der Waals surface area contributed by atoms with Gasteiger partial charge in [0.15, 0.2) is 85.5 Å². The number of nitrogens with zero attached hydrogens (tertiary/aromatic N) is 24. The van der Waals surface area contributed by atoms with E-state index in [4.69, 9.17) is 4.74 Å². The van der Waals surface area contributed by atoms with Crippen LogP contribution in [0.3, 0.4) is 0 Å². The second-order valence-corrected chi connectivity index (χ2v) is 36.8. The van der Waals surface area contributed by atoms with Crippen molar-refractivity contribution >= 4 is 126 Å². The van der Waals surface area contributed by atoms with Gasteiger partial charge in [0.1, 0.15) is 50.6 Å². The van der Waals surface area contributed by atoms with Crippen molar-refractivity contribution in [1.82, 2.24) is 117 Å². The standard InChI is InChI=1S/C18H23N5O.C16H22N4O2.C16H22N4OS.C15H21N5O.C15H23N5.C15H20N4O/c1-4-12(2)20-18-21-15-10-19-16(13(3)24)22-17(15)23(18)11-14-8-6-5-7-9-14;2*1-3-22-16-18-13-9-17-14(11(2)21)19-15(13)20(16)10-12-7-5-4-6-8-12;1-10-16-8-13-14(17-10)20(15(19-13)18-11(2)21)9-12-6-4-3-5-7-12;1-3-16-15-19-13-9-17-11(2)18-14(13)20(15)10-12-7-5-4-6-8-12;1-10(20)14-16-8-13-15(18-14)19(11(2)17-13)9-12-6-4-3-5-7-12/h10,14H,1,5-9,11H2,2-3H3,(H,20,21);2*9,12H,3-8,10H2,1-2H3;8,12H,3-7,9H2,1-2H3,(H,18,19,21);9,12H,3-8,10H2,1-2H3,(H,16,19);8,12H,3-7,9H2,1-2H3. The fraction of sp³-hybridized carbons (Fsp3) is 0.600. The molecule has 1 amide bonds. The minimum absolute atomic E-state index is 0.1000. The second kappa shape index (κ2) is 46.3. The monoisotopic (exact) mass is 1780 g/mol. The minimum atomic E-state index is -0.140. The van der Waals surface area contributed by atoms with E-state index in [1.807, 2.05) is 49.9 Å². The maximum atomic E-state index is 11.6. The summed E-state index contributed by atoms with van der Waals surface area (Å²) in [6.45, 7) is 31.9. The van der Waals surface area contributed by atoms with Crippen molar-refractivity contribution < 1.29 is 28.7 Å². The lowest BCUT2D eigenvalue weighted by atomic mass is 9.89. The molecule has 12 heterocycles. The summed E-state index contributed by atoms with van der Waals surface area (Å²) < 4.78 is 18.4. The van der Waals surface area contributed by atoms with Crippen LogP contribution in [0.5, 0.6) is 6.01 Å². The summed E-state index contributed by atoms with van der Waals surface area (Å²) in [7, 11) is 0. The molecule has 6 aliphatic rings. The number of ether oxygens (including phenoxy) is 1. The Morgan fingerprint density at radius 2 is 0.667 bits per heavy atom. The highest BCUT2D eigenvalue weighted by molar-refractivity contribution is 7.99. The molecule has 0 bridgehead atoms. The van der Waals surface area contributed by atoms with E-state index in [0.29, 0.717) is 76.4 Å². The molecule has 33 nitrogen and oxygen atoms in total. The lowest BCUT2D eigenvalue weighted by Gasteiger charge is -2.23. The number of nitrogens with one attached hydrogen (secondary N) is 3. The van der Waals surface area contributed by atoms with Gasteiger partial charge in [0.05, 0.1) is 49.5 Å². The topological polar surface area (TPSA) is 392 Å². The van der Waals surface area contributed by atoms with E-state index in [1.54, 1.807) is 42.7 Å². The van der Waals surface area contributed by atoms with Crippen molar-refractivity contribution in [2.75, 3.05) is 34.9 Å². The Labute approximate surface area is 759 Å². The second-order valence-electron chi connectivity index (χ2n) is 35.5. The van der Waals surface area contributed by atoms with Gasteiger partial charge in [0.25, 0.3) is 6.01 Å². The highest BCUT2D eigenvalue weighted by Crippen LogP contribution is 2.36. The summed E-state index contributed by atoms with van der Waals surface area (Å²) in [5.74, 6) is 10.2. The summed E-state index contributed by atoms with van der Waals surface area (Å²) in [5.41, 5.74) is 13.0. The summed E-state index contributed by atoms with van der Waals surface area (Å²) in [6, 6.07) is 0.582. The van der Waals surface area contributed by atoms with Gasteiger partial charge in [-0.25, -0.2) is 84.7 Å². The smallest absolute Gasteiger partial charge is 0.298 e. The third kappa shape index (κ3) is 25.4. The van der Waals surface area contributed by atoms with E-state index in [9.17, 15) is 24.0 Å². The zero-order chi connectivity index (χ0) is 91.0. The van der Waals surface area contributed by atoms with Crippen LogP contribution in [-0.4, -0.2) is 165 Å². The molecule has 12 aromatic heterocycles. The molecule has 0 unspecified atom stereocenters. The summed E-state index contributed by atoms with van der Waals surface area (Å²) in [6.07, 6.45) is 49.1. The number of imidazole rings is 6. The van der Waals surface area contributed by atoms with Crippen molar-refractivity contribution in [2.24, 2.45) is 35.5 Å². The first-order valence-corrected chi connectivity index (χ1v) is 48.2. The minimum Gasteiger partial charge on any atom is -0.465 e. The average molecular weight is 1780 g/mol. The average Bonchev–Trinajstić information content (AvgIpc) is 1.71. The molecule has 0 saturated heterocycles. The summed E-state index contributed by atoms with van der Waals surface area (Å²) in [4.78, 5) is 137. The first-order chi connectivity index (χ1) is 62.5. The number of hydrogen-bond donors (Lipinski definition) is 3. The molecule has 0 spiro atoms. The molecule has 688 valence electrons. The molecule has 6 saturated carbocycles. The largest absolute Gasteiger partial charge is 0.465 e. The van der Waals surface area contributed by atoms with Crippen LogP contribution < -0.4 is 20.7 Å². The van der Waals surface area contributed by atoms with Crippen molar-refractivity contribution in [3.63, 3.8) is 0 Å². The zero-order valence-corrected chi connectivity index (χ0v) is 78.6. The number of rotatable bonds is 25. The number of Topliss-reactive ketones (excluding diaryl/α,β-unsaturated/α-hetero) is 4. The van der Waals surface area contributed by atoms with Crippen LogP contribution in [0.1, 0.15) is 315 Å². The molecule has 0 aromatic carbocycles. The number of aromatic nitrogens is 24. The fourth-order valence-corrected chi connectivity index (χ4v) is 19.3. The molecule has 18 rings (SSSR count). The molecule has 3 N–H and O–H groups in total. The Morgan fingerprint density at radius 3 is 1.03 bits per heavy atom. The number of anilines is 3. The van der Waals surface area contributed by atoms with Gasteiger partial charge in [0, 0.05) is 80.4 Å².